The number of hydrazine groups is 1. The van der Waals surface area contributed by atoms with Gasteiger partial charge in [-0.25, -0.2) is 5.01 Å². The Labute approximate surface area is 122 Å². The number of rotatable bonds is 3. The van der Waals surface area contributed by atoms with Crippen LogP contribution in [0.1, 0.15) is 11.1 Å². The van der Waals surface area contributed by atoms with Gasteiger partial charge in [0.25, 0.3) is 0 Å². The van der Waals surface area contributed by atoms with Crippen molar-refractivity contribution in [3.63, 3.8) is 0 Å². The molecule has 1 aliphatic rings. The molecule has 5 heteroatoms. The van der Waals surface area contributed by atoms with E-state index in [9.17, 15) is 4.79 Å². The molecular formula is C13H18IN3O. The minimum Gasteiger partial charge on any atom is -0.340 e. The molecule has 1 aromatic carbocycles. The highest BCUT2D eigenvalue weighted by molar-refractivity contribution is 14.1. The highest BCUT2D eigenvalue weighted by Crippen LogP contribution is 2.08. The summed E-state index contributed by atoms with van der Waals surface area (Å²) in [6, 6.07) is 8.17. The van der Waals surface area contributed by atoms with Gasteiger partial charge in [-0.15, -0.1) is 0 Å². The molecule has 1 amide bonds. The fourth-order valence-corrected chi connectivity index (χ4v) is 2.63. The minimum absolute atomic E-state index is 0.230. The van der Waals surface area contributed by atoms with Crippen molar-refractivity contribution in [2.75, 3.05) is 26.2 Å². The summed E-state index contributed by atoms with van der Waals surface area (Å²) < 4.78 is 3.09. The van der Waals surface area contributed by atoms with Crippen LogP contribution in [-0.4, -0.2) is 42.0 Å². The number of nitrogens with one attached hydrogen (secondary N) is 1. The van der Waals surface area contributed by atoms with E-state index < -0.39 is 0 Å². The Morgan fingerprint density at radius 1 is 1.33 bits per heavy atom. The summed E-state index contributed by atoms with van der Waals surface area (Å²) in [5.74, 6) is 0.230. The van der Waals surface area contributed by atoms with Gasteiger partial charge in [0, 0.05) is 49.0 Å². The van der Waals surface area contributed by atoms with Gasteiger partial charge in [0.1, 0.15) is 0 Å². The van der Waals surface area contributed by atoms with Crippen LogP contribution in [0.5, 0.6) is 0 Å². The smallest absolute Gasteiger partial charge is 0.227 e. The standard InChI is InChI=1S/C13H18IN3O/c1-11-3-2-4-12(9-11)10-13(18)16-5-7-17(15-14)8-6-16/h2-4,9,15H,5-8,10H2,1H3. The Kier molecular flexibility index (Phi) is 4.96. The average Bonchev–Trinajstić information content (AvgIpc) is 2.39. The maximum atomic E-state index is 12.2. The van der Waals surface area contributed by atoms with Crippen LogP contribution in [0.4, 0.5) is 0 Å². The van der Waals surface area contributed by atoms with E-state index in [0.717, 1.165) is 31.7 Å². The summed E-state index contributed by atoms with van der Waals surface area (Å²) in [5, 5.41) is 2.12. The lowest BCUT2D eigenvalue weighted by atomic mass is 10.1. The second-order valence-electron chi connectivity index (χ2n) is 4.62. The van der Waals surface area contributed by atoms with E-state index in [1.165, 1.54) is 5.56 Å². The Bertz CT molecular complexity index is 416. The molecule has 18 heavy (non-hydrogen) atoms. The molecule has 0 aromatic heterocycles. The molecule has 1 aliphatic heterocycles. The largest absolute Gasteiger partial charge is 0.340 e. The van der Waals surface area contributed by atoms with Crippen molar-refractivity contribution in [1.29, 1.82) is 0 Å². The van der Waals surface area contributed by atoms with E-state index in [4.69, 9.17) is 0 Å². The summed E-state index contributed by atoms with van der Waals surface area (Å²) >= 11 is 2.13. The van der Waals surface area contributed by atoms with Crippen LogP contribution in [0.25, 0.3) is 0 Å². The third-order valence-electron chi connectivity index (χ3n) is 3.19. The van der Waals surface area contributed by atoms with E-state index >= 15 is 0 Å². The van der Waals surface area contributed by atoms with Crippen LogP contribution in [0.15, 0.2) is 24.3 Å². The summed E-state index contributed by atoms with van der Waals surface area (Å²) in [6.07, 6.45) is 0.513. The summed E-state index contributed by atoms with van der Waals surface area (Å²) in [6.45, 7) is 5.45. The predicted molar refractivity (Wildman–Crippen MR) is 80.2 cm³/mol. The van der Waals surface area contributed by atoms with E-state index in [0.29, 0.717) is 6.42 Å². The molecule has 0 radical (unpaired) electrons. The molecule has 0 unspecified atom stereocenters. The number of carbonyl (C=O) groups excluding carboxylic acids is 1. The predicted octanol–water partition coefficient (Wildman–Crippen LogP) is 1.54. The molecule has 1 fully saturated rings. The lowest BCUT2D eigenvalue weighted by molar-refractivity contribution is -0.132. The molecule has 0 bridgehead atoms. The molecule has 1 saturated heterocycles. The summed E-state index contributed by atoms with van der Waals surface area (Å²) in [7, 11) is 0. The zero-order chi connectivity index (χ0) is 13.0. The number of carbonyl (C=O) groups is 1. The number of aryl methyl sites for hydroxylation is 1. The van der Waals surface area contributed by atoms with Crippen LogP contribution in [0.2, 0.25) is 0 Å². The lowest BCUT2D eigenvalue weighted by Gasteiger charge is -2.33. The number of halogens is 1. The van der Waals surface area contributed by atoms with Crippen molar-refractivity contribution < 1.29 is 4.79 Å². The number of piperazine rings is 1. The van der Waals surface area contributed by atoms with Gasteiger partial charge in [0.2, 0.25) is 5.91 Å². The number of amides is 1. The third kappa shape index (κ3) is 3.66. The molecule has 1 heterocycles. The molecule has 1 N–H and O–H groups in total. The van der Waals surface area contributed by atoms with Gasteiger partial charge in [0.05, 0.1) is 6.42 Å². The quantitative estimate of drug-likeness (QED) is 0.657. The van der Waals surface area contributed by atoms with Crippen molar-refractivity contribution >= 4 is 28.8 Å². The molecule has 4 nitrogen and oxygen atoms in total. The first-order chi connectivity index (χ1) is 8.69. The van der Waals surface area contributed by atoms with E-state index in [1.54, 1.807) is 0 Å². The zero-order valence-electron chi connectivity index (χ0n) is 10.5. The Morgan fingerprint density at radius 3 is 2.67 bits per heavy atom. The number of hydrogen-bond acceptors (Lipinski definition) is 3. The fraction of sp³-hybridized carbons (Fsp3) is 0.462. The molecule has 0 spiro atoms. The normalized spacial score (nSPS) is 16.9. The summed E-state index contributed by atoms with van der Waals surface area (Å²) in [5.41, 5.74) is 2.31. The third-order valence-corrected chi connectivity index (χ3v) is 3.87. The van der Waals surface area contributed by atoms with E-state index in [2.05, 4.69) is 50.6 Å². The van der Waals surface area contributed by atoms with E-state index in [1.807, 2.05) is 17.0 Å². The Hall–Kier alpha value is -0.660. The van der Waals surface area contributed by atoms with Gasteiger partial charge in [-0.1, -0.05) is 29.8 Å². The van der Waals surface area contributed by atoms with Crippen molar-refractivity contribution in [3.05, 3.63) is 35.4 Å². The van der Waals surface area contributed by atoms with Crippen molar-refractivity contribution in [3.8, 4) is 0 Å². The van der Waals surface area contributed by atoms with Gasteiger partial charge < -0.3 is 4.90 Å². The van der Waals surface area contributed by atoms with Gasteiger partial charge in [-0.05, 0) is 12.5 Å². The molecule has 98 valence electrons. The molecule has 1 aromatic rings. The number of hydrogen-bond donors (Lipinski definition) is 1. The first-order valence-electron chi connectivity index (χ1n) is 6.13. The first kappa shape index (κ1) is 13.8. The summed E-state index contributed by atoms with van der Waals surface area (Å²) in [4.78, 5) is 14.1. The van der Waals surface area contributed by atoms with Gasteiger partial charge in [-0.2, -0.15) is 3.64 Å². The van der Waals surface area contributed by atoms with Gasteiger partial charge in [-0.3, -0.25) is 4.79 Å². The van der Waals surface area contributed by atoms with Crippen LogP contribution in [0, 0.1) is 6.92 Å². The first-order valence-corrected chi connectivity index (χ1v) is 7.21. The second kappa shape index (κ2) is 6.49. The molecule has 0 saturated carbocycles. The minimum atomic E-state index is 0.230. The molecule has 0 aliphatic carbocycles. The van der Waals surface area contributed by atoms with Crippen LogP contribution in [-0.2, 0) is 11.2 Å². The highest BCUT2D eigenvalue weighted by Gasteiger charge is 2.20. The fourth-order valence-electron chi connectivity index (χ4n) is 2.15. The maximum Gasteiger partial charge on any atom is 0.227 e. The van der Waals surface area contributed by atoms with Crippen LogP contribution < -0.4 is 3.64 Å². The average molecular weight is 359 g/mol. The van der Waals surface area contributed by atoms with Crippen LogP contribution in [0.3, 0.4) is 0 Å². The number of nitrogens with zero attached hydrogens (tertiary/aromatic N) is 2. The molecular weight excluding hydrogens is 341 g/mol. The Morgan fingerprint density at radius 2 is 2.06 bits per heavy atom. The SMILES string of the molecule is Cc1cccc(CC(=O)N2CCN(NI)CC2)c1. The maximum absolute atomic E-state index is 12.2. The van der Waals surface area contributed by atoms with Crippen molar-refractivity contribution in [1.82, 2.24) is 13.5 Å². The van der Waals surface area contributed by atoms with Crippen LogP contribution >= 0.6 is 22.9 Å². The molecule has 2 rings (SSSR count). The monoisotopic (exact) mass is 359 g/mol. The van der Waals surface area contributed by atoms with Gasteiger partial charge in [0.15, 0.2) is 0 Å². The number of benzene rings is 1. The second-order valence-corrected chi connectivity index (χ2v) is 5.10. The van der Waals surface area contributed by atoms with Gasteiger partial charge >= 0.3 is 0 Å². The Balaban J connectivity index is 1.89. The zero-order valence-corrected chi connectivity index (χ0v) is 12.7. The topological polar surface area (TPSA) is 35.6 Å². The molecule has 0 atom stereocenters. The lowest BCUT2D eigenvalue weighted by Crippen LogP contribution is -2.51. The van der Waals surface area contributed by atoms with Crippen molar-refractivity contribution in [2.45, 2.75) is 13.3 Å². The highest BCUT2D eigenvalue weighted by atomic mass is 127. The van der Waals surface area contributed by atoms with Crippen molar-refractivity contribution in [2.24, 2.45) is 0 Å². The van der Waals surface area contributed by atoms with E-state index in [-0.39, 0.29) is 5.91 Å².